The fourth-order valence-electron chi connectivity index (χ4n) is 3.06. The molecule has 3 rings (SSSR count). The molecule has 2 aromatic rings. The van der Waals surface area contributed by atoms with Gasteiger partial charge in [0.2, 0.25) is 5.91 Å². The van der Waals surface area contributed by atoms with Gasteiger partial charge in [-0.05, 0) is 25.3 Å². The Morgan fingerprint density at radius 2 is 1.96 bits per heavy atom. The molecular formula is C19H24N4O2S. The predicted molar refractivity (Wildman–Crippen MR) is 102 cm³/mol. The van der Waals surface area contributed by atoms with Gasteiger partial charge in [0, 0.05) is 25.7 Å². The first-order valence-corrected chi connectivity index (χ1v) is 9.73. The minimum absolute atomic E-state index is 0.0379. The monoisotopic (exact) mass is 372 g/mol. The van der Waals surface area contributed by atoms with Crippen molar-refractivity contribution in [1.82, 2.24) is 20.5 Å². The summed E-state index contributed by atoms with van der Waals surface area (Å²) in [5.74, 6) is 0.000627. The Morgan fingerprint density at radius 1 is 1.23 bits per heavy atom. The zero-order valence-electron chi connectivity index (χ0n) is 14.9. The second-order valence-corrected chi connectivity index (χ2v) is 7.41. The lowest BCUT2D eigenvalue weighted by Crippen LogP contribution is -2.47. The van der Waals surface area contributed by atoms with Crippen molar-refractivity contribution in [3.05, 3.63) is 52.0 Å². The molecule has 2 heterocycles. The van der Waals surface area contributed by atoms with Gasteiger partial charge >= 0.3 is 0 Å². The van der Waals surface area contributed by atoms with Gasteiger partial charge in [0.1, 0.15) is 4.88 Å². The second-order valence-electron chi connectivity index (χ2n) is 6.55. The smallest absolute Gasteiger partial charge is 0.263 e. The molecule has 1 aliphatic rings. The highest BCUT2D eigenvalue weighted by molar-refractivity contribution is 7.11. The third kappa shape index (κ3) is 5.12. The summed E-state index contributed by atoms with van der Waals surface area (Å²) >= 11 is 1.37. The van der Waals surface area contributed by atoms with Crippen LogP contribution in [0.4, 0.5) is 0 Å². The topological polar surface area (TPSA) is 74.3 Å². The van der Waals surface area contributed by atoms with Crippen LogP contribution in [0.2, 0.25) is 0 Å². The molecule has 0 radical (unpaired) electrons. The summed E-state index contributed by atoms with van der Waals surface area (Å²) in [7, 11) is 0. The largest absolute Gasteiger partial charge is 0.351 e. The maximum Gasteiger partial charge on any atom is 0.263 e. The number of piperidine rings is 1. The normalized spacial score (nSPS) is 15.6. The van der Waals surface area contributed by atoms with Gasteiger partial charge < -0.3 is 10.6 Å². The van der Waals surface area contributed by atoms with Crippen molar-refractivity contribution in [2.24, 2.45) is 0 Å². The summed E-state index contributed by atoms with van der Waals surface area (Å²) < 4.78 is 0. The van der Waals surface area contributed by atoms with E-state index in [4.69, 9.17) is 0 Å². The number of nitrogens with one attached hydrogen (secondary N) is 2. The Morgan fingerprint density at radius 3 is 2.62 bits per heavy atom. The Balaban J connectivity index is 1.37. The molecule has 0 atom stereocenters. The van der Waals surface area contributed by atoms with Gasteiger partial charge in [0.15, 0.2) is 0 Å². The molecule has 0 unspecified atom stereocenters. The lowest BCUT2D eigenvalue weighted by molar-refractivity contribution is -0.122. The number of amides is 2. The molecule has 0 bridgehead atoms. The van der Waals surface area contributed by atoms with E-state index < -0.39 is 0 Å². The SMILES string of the molecule is Cc1ncsc1C(=O)NC1CCN(CC(=O)NCc2ccccc2)CC1. The third-order valence-corrected chi connectivity index (χ3v) is 5.50. The summed E-state index contributed by atoms with van der Waals surface area (Å²) in [6.07, 6.45) is 1.71. The molecule has 6 nitrogen and oxygen atoms in total. The summed E-state index contributed by atoms with van der Waals surface area (Å²) in [6.45, 7) is 4.43. The number of likely N-dealkylation sites (tertiary alicyclic amines) is 1. The van der Waals surface area contributed by atoms with E-state index in [1.54, 1.807) is 5.51 Å². The van der Waals surface area contributed by atoms with Crippen LogP contribution in [0, 0.1) is 6.92 Å². The van der Waals surface area contributed by atoms with E-state index in [2.05, 4.69) is 20.5 Å². The minimum Gasteiger partial charge on any atom is -0.351 e. The average Bonchev–Trinajstić information content (AvgIpc) is 3.09. The van der Waals surface area contributed by atoms with Crippen molar-refractivity contribution in [1.29, 1.82) is 0 Å². The number of hydrogen-bond donors (Lipinski definition) is 2. The predicted octanol–water partition coefficient (Wildman–Crippen LogP) is 1.96. The maximum atomic E-state index is 12.3. The zero-order valence-corrected chi connectivity index (χ0v) is 15.7. The molecule has 2 N–H and O–H groups in total. The molecule has 0 saturated carbocycles. The van der Waals surface area contributed by atoms with E-state index in [-0.39, 0.29) is 17.9 Å². The third-order valence-electron chi connectivity index (χ3n) is 4.57. The van der Waals surface area contributed by atoms with E-state index >= 15 is 0 Å². The molecule has 0 spiro atoms. The quantitative estimate of drug-likeness (QED) is 0.813. The summed E-state index contributed by atoms with van der Waals surface area (Å²) in [6, 6.07) is 10.1. The van der Waals surface area contributed by atoms with Crippen LogP contribution in [0.25, 0.3) is 0 Å². The van der Waals surface area contributed by atoms with Crippen LogP contribution in [0.3, 0.4) is 0 Å². The highest BCUT2D eigenvalue weighted by atomic mass is 32.1. The number of nitrogens with zero attached hydrogens (tertiary/aromatic N) is 2. The average molecular weight is 372 g/mol. The molecule has 26 heavy (non-hydrogen) atoms. The fraction of sp³-hybridized carbons (Fsp3) is 0.421. The van der Waals surface area contributed by atoms with Crippen molar-refractivity contribution >= 4 is 23.2 Å². The van der Waals surface area contributed by atoms with E-state index in [1.165, 1.54) is 11.3 Å². The van der Waals surface area contributed by atoms with Gasteiger partial charge in [0.05, 0.1) is 17.7 Å². The molecule has 1 aliphatic heterocycles. The van der Waals surface area contributed by atoms with Gasteiger partial charge in [-0.15, -0.1) is 11.3 Å². The van der Waals surface area contributed by atoms with Crippen LogP contribution in [0.15, 0.2) is 35.8 Å². The van der Waals surface area contributed by atoms with E-state index in [0.29, 0.717) is 18.0 Å². The van der Waals surface area contributed by atoms with Crippen LogP contribution in [0.5, 0.6) is 0 Å². The standard InChI is InChI=1S/C19H24N4O2S/c1-14-18(26-13-21-14)19(25)22-16-7-9-23(10-8-16)12-17(24)20-11-15-5-3-2-4-6-15/h2-6,13,16H,7-12H2,1H3,(H,20,24)(H,22,25). The Bertz CT molecular complexity index is 739. The molecule has 2 amide bonds. The molecule has 0 aliphatic carbocycles. The molecule has 7 heteroatoms. The zero-order chi connectivity index (χ0) is 18.4. The van der Waals surface area contributed by atoms with Crippen LogP contribution in [-0.4, -0.2) is 47.4 Å². The van der Waals surface area contributed by atoms with Gasteiger partial charge in [-0.2, -0.15) is 0 Å². The van der Waals surface area contributed by atoms with Gasteiger partial charge in [-0.1, -0.05) is 30.3 Å². The molecule has 1 saturated heterocycles. The summed E-state index contributed by atoms with van der Waals surface area (Å²) in [5.41, 5.74) is 3.57. The summed E-state index contributed by atoms with van der Waals surface area (Å²) in [5, 5.41) is 6.05. The number of aromatic nitrogens is 1. The highest BCUT2D eigenvalue weighted by Crippen LogP contribution is 2.15. The fourth-order valence-corrected chi connectivity index (χ4v) is 3.77. The Labute approximate surface area is 157 Å². The van der Waals surface area contributed by atoms with Crippen molar-refractivity contribution in [2.45, 2.75) is 32.4 Å². The van der Waals surface area contributed by atoms with Gasteiger partial charge in [0.25, 0.3) is 5.91 Å². The Kier molecular flexibility index (Phi) is 6.35. The van der Waals surface area contributed by atoms with Crippen molar-refractivity contribution in [3.63, 3.8) is 0 Å². The van der Waals surface area contributed by atoms with Gasteiger partial charge in [-0.3, -0.25) is 14.5 Å². The molecular weight excluding hydrogens is 348 g/mol. The number of rotatable bonds is 6. The number of carbonyl (C=O) groups excluding carboxylic acids is 2. The molecule has 1 aromatic carbocycles. The summed E-state index contributed by atoms with van der Waals surface area (Å²) in [4.78, 5) is 31.3. The van der Waals surface area contributed by atoms with E-state index in [1.807, 2.05) is 37.3 Å². The number of aryl methyl sites for hydroxylation is 1. The number of thiazole rings is 1. The van der Waals surface area contributed by atoms with E-state index in [9.17, 15) is 9.59 Å². The van der Waals surface area contributed by atoms with E-state index in [0.717, 1.165) is 37.2 Å². The van der Waals surface area contributed by atoms with Crippen LogP contribution in [-0.2, 0) is 11.3 Å². The van der Waals surface area contributed by atoms with Crippen molar-refractivity contribution in [2.75, 3.05) is 19.6 Å². The Hall–Kier alpha value is -2.25. The highest BCUT2D eigenvalue weighted by Gasteiger charge is 2.23. The number of hydrogen-bond acceptors (Lipinski definition) is 5. The minimum atomic E-state index is -0.0379. The van der Waals surface area contributed by atoms with Crippen LogP contribution in [0.1, 0.15) is 33.8 Å². The van der Waals surface area contributed by atoms with Crippen LogP contribution >= 0.6 is 11.3 Å². The first-order valence-electron chi connectivity index (χ1n) is 8.86. The molecule has 1 aromatic heterocycles. The first kappa shape index (κ1) is 18.5. The molecule has 138 valence electrons. The number of carbonyl (C=O) groups is 2. The van der Waals surface area contributed by atoms with Crippen molar-refractivity contribution < 1.29 is 9.59 Å². The van der Waals surface area contributed by atoms with Gasteiger partial charge in [-0.25, -0.2) is 4.98 Å². The maximum absolute atomic E-state index is 12.3. The lowest BCUT2D eigenvalue weighted by Gasteiger charge is -2.31. The van der Waals surface area contributed by atoms with Crippen LogP contribution < -0.4 is 10.6 Å². The first-order chi connectivity index (χ1) is 12.6. The molecule has 1 fully saturated rings. The second kappa shape index (κ2) is 8.91. The number of benzene rings is 1. The van der Waals surface area contributed by atoms with Crippen molar-refractivity contribution in [3.8, 4) is 0 Å². The lowest BCUT2D eigenvalue weighted by atomic mass is 10.0.